The molecule has 1 amide bonds. The number of rotatable bonds is 10. The van der Waals surface area contributed by atoms with Gasteiger partial charge in [-0.25, -0.2) is 4.79 Å². The van der Waals surface area contributed by atoms with Crippen molar-refractivity contribution in [3.05, 3.63) is 108 Å². The Hall–Kier alpha value is -3.25. The highest BCUT2D eigenvalue weighted by Gasteiger charge is 2.55. The van der Waals surface area contributed by atoms with Crippen LogP contribution in [0.1, 0.15) is 42.9 Å². The third-order valence-electron chi connectivity index (χ3n) is 5.69. The summed E-state index contributed by atoms with van der Waals surface area (Å²) in [7, 11) is 0. The number of hydrogen-bond acceptors (Lipinski definition) is 4. The highest BCUT2D eigenvalue weighted by atomic mass is 32.1. The first kappa shape index (κ1) is 24.4. The molecule has 172 valence electrons. The smallest absolute Gasteiger partial charge is 0.408 e. The number of benzene rings is 3. The summed E-state index contributed by atoms with van der Waals surface area (Å²) < 4.78 is 5.37. The first-order valence-corrected chi connectivity index (χ1v) is 11.4. The van der Waals surface area contributed by atoms with E-state index in [4.69, 9.17) is 17.4 Å². The van der Waals surface area contributed by atoms with E-state index in [1.807, 2.05) is 97.9 Å². The molecular weight excluding hydrogens is 434 g/mol. The summed E-state index contributed by atoms with van der Waals surface area (Å²) in [5.74, 6) is -1.09. The van der Waals surface area contributed by atoms with Crippen molar-refractivity contribution in [2.24, 2.45) is 0 Å². The minimum atomic E-state index is -1.56. The molecule has 0 bridgehead atoms. The standard InChI is InChI=1S/C27H29NO4S/c1-2-3-19-32-25(31)28-26(33,20-24(29)30)27(21-13-7-4-8-14-21,22-15-9-5-10-16-22)23-17-11-6-12-18-23/h4-18,33H,2-3,19-20H2,1H3,(H,28,31)(H,29,30). The highest BCUT2D eigenvalue weighted by molar-refractivity contribution is 7.82. The molecule has 0 aliphatic heterocycles. The first-order valence-electron chi connectivity index (χ1n) is 11.0. The number of ether oxygens (including phenoxy) is 1. The van der Waals surface area contributed by atoms with Crippen molar-refractivity contribution in [2.75, 3.05) is 6.61 Å². The molecule has 0 aromatic heterocycles. The number of amides is 1. The van der Waals surface area contributed by atoms with Gasteiger partial charge in [-0.05, 0) is 23.1 Å². The molecule has 0 fully saturated rings. The van der Waals surface area contributed by atoms with Crippen molar-refractivity contribution in [2.45, 2.75) is 36.5 Å². The van der Waals surface area contributed by atoms with E-state index in [2.05, 4.69) is 5.32 Å². The average Bonchev–Trinajstić information content (AvgIpc) is 2.81. The molecule has 0 aliphatic carbocycles. The largest absolute Gasteiger partial charge is 0.481 e. The molecular formula is C27H29NO4S. The van der Waals surface area contributed by atoms with Crippen molar-refractivity contribution in [3.8, 4) is 0 Å². The van der Waals surface area contributed by atoms with Crippen LogP contribution < -0.4 is 5.32 Å². The molecule has 3 aromatic rings. The molecule has 0 saturated heterocycles. The van der Waals surface area contributed by atoms with Crippen LogP contribution in [0.15, 0.2) is 91.0 Å². The van der Waals surface area contributed by atoms with E-state index in [1.165, 1.54) is 0 Å². The Balaban J connectivity index is 2.31. The maximum absolute atomic E-state index is 12.9. The minimum Gasteiger partial charge on any atom is -0.481 e. The van der Waals surface area contributed by atoms with Crippen molar-refractivity contribution in [1.82, 2.24) is 5.32 Å². The van der Waals surface area contributed by atoms with Crippen LogP contribution in [0.4, 0.5) is 4.79 Å². The monoisotopic (exact) mass is 463 g/mol. The van der Waals surface area contributed by atoms with Gasteiger partial charge in [-0.1, -0.05) is 104 Å². The van der Waals surface area contributed by atoms with Crippen LogP contribution in [0.3, 0.4) is 0 Å². The third-order valence-corrected chi connectivity index (χ3v) is 6.29. The number of carbonyl (C=O) groups is 2. The van der Waals surface area contributed by atoms with Crippen molar-refractivity contribution in [1.29, 1.82) is 0 Å². The average molecular weight is 464 g/mol. The molecule has 0 saturated carbocycles. The highest BCUT2D eigenvalue weighted by Crippen LogP contribution is 2.50. The van der Waals surface area contributed by atoms with Crippen molar-refractivity contribution < 1.29 is 19.4 Å². The summed E-state index contributed by atoms with van der Waals surface area (Å²) in [6, 6.07) is 28.6. The predicted octanol–water partition coefficient (Wildman–Crippen LogP) is 5.65. The number of hydrogen-bond donors (Lipinski definition) is 3. The van der Waals surface area contributed by atoms with Gasteiger partial charge in [-0.15, -0.1) is 12.6 Å². The quantitative estimate of drug-likeness (QED) is 0.157. The predicted molar refractivity (Wildman–Crippen MR) is 133 cm³/mol. The van der Waals surface area contributed by atoms with E-state index in [1.54, 1.807) is 0 Å². The normalized spacial score (nSPS) is 13.0. The fourth-order valence-corrected chi connectivity index (χ4v) is 4.90. The molecule has 5 nitrogen and oxygen atoms in total. The molecule has 0 aliphatic rings. The van der Waals surface area contributed by atoms with E-state index < -0.39 is 28.8 Å². The van der Waals surface area contributed by atoms with E-state index in [0.717, 1.165) is 23.1 Å². The third kappa shape index (κ3) is 5.22. The molecule has 3 aromatic carbocycles. The van der Waals surface area contributed by atoms with E-state index in [0.29, 0.717) is 6.42 Å². The van der Waals surface area contributed by atoms with Crippen LogP contribution in [-0.4, -0.2) is 28.6 Å². The van der Waals surface area contributed by atoms with Gasteiger partial charge in [0, 0.05) is 0 Å². The van der Waals surface area contributed by atoms with Crippen LogP contribution in [0.2, 0.25) is 0 Å². The number of unbranched alkanes of at least 4 members (excludes halogenated alkanes) is 1. The van der Waals surface area contributed by atoms with Gasteiger partial charge in [0.1, 0.15) is 4.87 Å². The lowest BCUT2D eigenvalue weighted by atomic mass is 9.63. The lowest BCUT2D eigenvalue weighted by Crippen LogP contribution is -2.61. The lowest BCUT2D eigenvalue weighted by Gasteiger charge is -2.48. The Labute approximate surface area is 200 Å². The van der Waals surface area contributed by atoms with Crippen LogP contribution >= 0.6 is 12.6 Å². The summed E-state index contributed by atoms with van der Waals surface area (Å²) in [4.78, 5) is 23.5. The molecule has 33 heavy (non-hydrogen) atoms. The maximum atomic E-state index is 12.9. The summed E-state index contributed by atoms with van der Waals surface area (Å²) >= 11 is 4.96. The number of carboxylic acids is 1. The second-order valence-corrected chi connectivity index (χ2v) is 8.66. The van der Waals surface area contributed by atoms with Crippen LogP contribution in [0.5, 0.6) is 0 Å². The summed E-state index contributed by atoms with van der Waals surface area (Å²) in [6.45, 7) is 2.24. The summed E-state index contributed by atoms with van der Waals surface area (Å²) in [5.41, 5.74) is 1.26. The second-order valence-electron chi connectivity index (χ2n) is 7.89. The topological polar surface area (TPSA) is 75.6 Å². The van der Waals surface area contributed by atoms with Crippen LogP contribution in [-0.2, 0) is 14.9 Å². The molecule has 1 unspecified atom stereocenters. The number of aliphatic carboxylic acids is 1. The zero-order valence-corrected chi connectivity index (χ0v) is 19.5. The lowest BCUT2D eigenvalue weighted by molar-refractivity contribution is -0.138. The molecule has 0 heterocycles. The Bertz CT molecular complexity index is 947. The Morgan fingerprint density at radius 1 is 0.848 bits per heavy atom. The number of nitrogens with one attached hydrogen (secondary N) is 1. The van der Waals surface area contributed by atoms with Gasteiger partial charge in [0.25, 0.3) is 0 Å². The Kier molecular flexibility index (Phi) is 8.17. The van der Waals surface area contributed by atoms with Gasteiger partial charge >= 0.3 is 12.1 Å². The molecule has 0 spiro atoms. The second kappa shape index (κ2) is 11.1. The van der Waals surface area contributed by atoms with E-state index in [9.17, 15) is 14.7 Å². The zero-order chi connectivity index (χ0) is 23.7. The number of alkyl carbamates (subject to hydrolysis) is 1. The van der Waals surface area contributed by atoms with Gasteiger partial charge in [0.15, 0.2) is 0 Å². The molecule has 1 atom stereocenters. The fourth-order valence-electron chi connectivity index (χ4n) is 4.28. The SMILES string of the molecule is CCCCOC(=O)NC(S)(CC(=O)O)C(c1ccccc1)(c1ccccc1)c1ccccc1. The zero-order valence-electron chi connectivity index (χ0n) is 18.6. The van der Waals surface area contributed by atoms with E-state index >= 15 is 0 Å². The Morgan fingerprint density at radius 3 is 1.64 bits per heavy atom. The number of carboxylic acid groups (broad SMARTS) is 1. The number of carbonyl (C=O) groups excluding carboxylic acids is 1. The summed E-state index contributed by atoms with van der Waals surface area (Å²) in [5, 5.41) is 12.8. The van der Waals surface area contributed by atoms with Crippen LogP contribution in [0.25, 0.3) is 0 Å². The maximum Gasteiger partial charge on any atom is 0.408 e. The van der Waals surface area contributed by atoms with Crippen molar-refractivity contribution in [3.63, 3.8) is 0 Å². The van der Waals surface area contributed by atoms with Gasteiger partial charge in [-0.2, -0.15) is 0 Å². The summed E-state index contributed by atoms with van der Waals surface area (Å²) in [6.07, 6.45) is 0.438. The first-order chi connectivity index (χ1) is 15.9. The van der Waals surface area contributed by atoms with Gasteiger partial charge in [0.05, 0.1) is 18.4 Å². The fraction of sp³-hybridized carbons (Fsp3) is 0.259. The van der Waals surface area contributed by atoms with Gasteiger partial charge in [0.2, 0.25) is 0 Å². The molecule has 6 heteroatoms. The molecule has 3 rings (SSSR count). The van der Waals surface area contributed by atoms with E-state index in [-0.39, 0.29) is 6.61 Å². The Morgan fingerprint density at radius 2 is 1.27 bits per heavy atom. The van der Waals surface area contributed by atoms with Gasteiger partial charge in [-0.3, -0.25) is 4.79 Å². The molecule has 0 radical (unpaired) electrons. The van der Waals surface area contributed by atoms with Gasteiger partial charge < -0.3 is 15.2 Å². The number of thiol groups is 1. The minimum absolute atomic E-state index is 0.244. The molecule has 2 N–H and O–H groups in total. The van der Waals surface area contributed by atoms with Crippen molar-refractivity contribution >= 4 is 24.7 Å². The van der Waals surface area contributed by atoms with Crippen LogP contribution in [0, 0.1) is 0 Å².